The number of hydrogen-bond acceptors (Lipinski definition) is 4. The Bertz CT molecular complexity index is 433. The summed E-state index contributed by atoms with van der Waals surface area (Å²) in [5.74, 6) is 0.600. The molecule has 17 heavy (non-hydrogen) atoms. The zero-order valence-electron chi connectivity index (χ0n) is 9.91. The minimum absolute atomic E-state index is 0.0259. The molecule has 1 rings (SSSR count). The highest BCUT2D eigenvalue weighted by atomic mass is 32.1. The molecule has 0 spiro atoms. The molecule has 0 aliphatic heterocycles. The van der Waals surface area contributed by atoms with Crippen molar-refractivity contribution in [3.8, 4) is 0 Å². The number of anilines is 1. The van der Waals surface area contributed by atoms with Crippen molar-refractivity contribution in [2.45, 2.75) is 13.3 Å². The van der Waals surface area contributed by atoms with Crippen LogP contribution in [0, 0.1) is 6.92 Å². The molecule has 0 radical (unpaired) electrons. The third-order valence-corrected chi connectivity index (χ3v) is 2.53. The molecule has 0 saturated carbocycles. The fourth-order valence-corrected chi connectivity index (χ4v) is 1.68. The van der Waals surface area contributed by atoms with E-state index < -0.39 is 0 Å². The van der Waals surface area contributed by atoms with E-state index >= 15 is 0 Å². The minimum Gasteiger partial charge on any atom is -0.389 e. The highest BCUT2D eigenvalue weighted by Gasteiger charge is 2.09. The standard InChI is InChI=1S/C11H16N4OS/c1-7-3-5-14-11(9(7)10(12)17)15-6-4-8(16)13-2/h3,5H,4,6H2,1-2H3,(H2,12,17)(H,13,16)(H,14,15). The Morgan fingerprint density at radius 2 is 2.29 bits per heavy atom. The summed E-state index contributed by atoms with van der Waals surface area (Å²) in [7, 11) is 1.60. The summed E-state index contributed by atoms with van der Waals surface area (Å²) in [6.45, 7) is 2.41. The largest absolute Gasteiger partial charge is 0.389 e. The first kappa shape index (κ1) is 13.4. The SMILES string of the molecule is CNC(=O)CCNc1nccc(C)c1C(N)=S. The number of aryl methyl sites for hydroxylation is 1. The number of rotatable bonds is 5. The highest BCUT2D eigenvalue weighted by molar-refractivity contribution is 7.80. The molecule has 0 unspecified atom stereocenters. The number of carbonyl (C=O) groups excluding carboxylic acids is 1. The van der Waals surface area contributed by atoms with Gasteiger partial charge in [-0.2, -0.15) is 0 Å². The lowest BCUT2D eigenvalue weighted by molar-refractivity contribution is -0.120. The molecule has 5 nitrogen and oxygen atoms in total. The second-order valence-electron chi connectivity index (χ2n) is 3.57. The second-order valence-corrected chi connectivity index (χ2v) is 4.01. The first-order chi connectivity index (χ1) is 8.06. The van der Waals surface area contributed by atoms with Gasteiger partial charge >= 0.3 is 0 Å². The number of pyridine rings is 1. The topological polar surface area (TPSA) is 80.0 Å². The fourth-order valence-electron chi connectivity index (χ4n) is 1.42. The van der Waals surface area contributed by atoms with Crippen LogP contribution in [0.5, 0.6) is 0 Å². The van der Waals surface area contributed by atoms with E-state index in [0.717, 1.165) is 11.1 Å². The first-order valence-corrected chi connectivity index (χ1v) is 5.67. The Kier molecular flexibility index (Phi) is 4.84. The zero-order chi connectivity index (χ0) is 12.8. The zero-order valence-corrected chi connectivity index (χ0v) is 10.7. The normalized spacial score (nSPS) is 9.76. The van der Waals surface area contributed by atoms with Gasteiger partial charge in [0.15, 0.2) is 0 Å². The molecule has 0 fully saturated rings. The number of aromatic nitrogens is 1. The van der Waals surface area contributed by atoms with Crippen LogP contribution in [0.1, 0.15) is 17.5 Å². The van der Waals surface area contributed by atoms with Crippen LogP contribution in [-0.2, 0) is 4.79 Å². The fraction of sp³-hybridized carbons (Fsp3) is 0.364. The summed E-state index contributed by atoms with van der Waals surface area (Å²) in [5, 5.41) is 5.61. The maximum absolute atomic E-state index is 11.1. The summed E-state index contributed by atoms with van der Waals surface area (Å²) in [5.41, 5.74) is 7.35. The number of nitrogens with two attached hydrogens (primary N) is 1. The molecule has 0 bridgehead atoms. The molecule has 1 aromatic rings. The molecule has 1 heterocycles. The predicted molar refractivity (Wildman–Crippen MR) is 72.0 cm³/mol. The van der Waals surface area contributed by atoms with Gasteiger partial charge in [0.2, 0.25) is 5.91 Å². The average molecular weight is 252 g/mol. The molecule has 1 amide bonds. The van der Waals surface area contributed by atoms with Gasteiger partial charge in [-0.3, -0.25) is 4.79 Å². The van der Waals surface area contributed by atoms with Crippen molar-refractivity contribution in [2.75, 3.05) is 18.9 Å². The van der Waals surface area contributed by atoms with Crippen LogP contribution in [0.15, 0.2) is 12.3 Å². The molecular weight excluding hydrogens is 236 g/mol. The van der Waals surface area contributed by atoms with Crippen LogP contribution in [-0.4, -0.2) is 29.5 Å². The highest BCUT2D eigenvalue weighted by Crippen LogP contribution is 2.16. The van der Waals surface area contributed by atoms with Gasteiger partial charge in [0.25, 0.3) is 0 Å². The van der Waals surface area contributed by atoms with E-state index in [1.165, 1.54) is 0 Å². The molecule has 6 heteroatoms. The number of thiocarbonyl (C=S) groups is 1. The third kappa shape index (κ3) is 3.67. The summed E-state index contributed by atoms with van der Waals surface area (Å²) in [6, 6.07) is 1.85. The van der Waals surface area contributed by atoms with E-state index in [0.29, 0.717) is 23.8 Å². The minimum atomic E-state index is -0.0259. The number of carbonyl (C=O) groups is 1. The van der Waals surface area contributed by atoms with E-state index in [9.17, 15) is 4.79 Å². The molecule has 0 aliphatic rings. The third-order valence-electron chi connectivity index (χ3n) is 2.33. The average Bonchev–Trinajstić information content (AvgIpc) is 2.28. The van der Waals surface area contributed by atoms with Gasteiger partial charge < -0.3 is 16.4 Å². The predicted octanol–water partition coefficient (Wildman–Crippen LogP) is 0.572. The summed E-state index contributed by atoms with van der Waals surface area (Å²) < 4.78 is 0. The van der Waals surface area contributed by atoms with Crippen LogP contribution >= 0.6 is 12.2 Å². The Hall–Kier alpha value is -1.69. The van der Waals surface area contributed by atoms with Gasteiger partial charge in [0.05, 0.1) is 5.56 Å². The van der Waals surface area contributed by atoms with Crippen molar-refractivity contribution in [3.05, 3.63) is 23.4 Å². The number of amides is 1. The van der Waals surface area contributed by atoms with Crippen molar-refractivity contribution < 1.29 is 4.79 Å². The quantitative estimate of drug-likeness (QED) is 0.668. The van der Waals surface area contributed by atoms with Crippen molar-refractivity contribution in [1.82, 2.24) is 10.3 Å². The number of hydrogen-bond donors (Lipinski definition) is 3. The van der Waals surface area contributed by atoms with E-state index in [1.54, 1.807) is 13.2 Å². The maximum atomic E-state index is 11.1. The monoisotopic (exact) mass is 252 g/mol. The van der Waals surface area contributed by atoms with E-state index in [2.05, 4.69) is 15.6 Å². The van der Waals surface area contributed by atoms with Crippen LogP contribution < -0.4 is 16.4 Å². The molecule has 0 aliphatic carbocycles. The van der Waals surface area contributed by atoms with Crippen molar-refractivity contribution in [2.24, 2.45) is 5.73 Å². The molecule has 4 N–H and O–H groups in total. The summed E-state index contributed by atoms with van der Waals surface area (Å²) >= 11 is 4.98. The van der Waals surface area contributed by atoms with Crippen LogP contribution in [0.2, 0.25) is 0 Å². The lowest BCUT2D eigenvalue weighted by atomic mass is 10.1. The molecule has 92 valence electrons. The lowest BCUT2D eigenvalue weighted by Gasteiger charge is -2.11. The van der Waals surface area contributed by atoms with Gasteiger partial charge in [-0.15, -0.1) is 0 Å². The van der Waals surface area contributed by atoms with Crippen molar-refractivity contribution in [1.29, 1.82) is 0 Å². The molecule has 1 aromatic heterocycles. The van der Waals surface area contributed by atoms with Crippen LogP contribution in [0.25, 0.3) is 0 Å². The molecule has 0 aromatic carbocycles. The molecular formula is C11H16N4OS. The van der Waals surface area contributed by atoms with Crippen molar-refractivity contribution >= 4 is 28.9 Å². The Labute approximate surface area is 106 Å². The van der Waals surface area contributed by atoms with E-state index in [-0.39, 0.29) is 5.91 Å². The van der Waals surface area contributed by atoms with Gasteiger partial charge in [-0.05, 0) is 18.6 Å². The second kappa shape index (κ2) is 6.15. The maximum Gasteiger partial charge on any atom is 0.221 e. The number of nitrogens with zero attached hydrogens (tertiary/aromatic N) is 1. The Morgan fingerprint density at radius 1 is 1.59 bits per heavy atom. The number of nitrogens with one attached hydrogen (secondary N) is 2. The summed E-state index contributed by atoms with van der Waals surface area (Å²) in [6.07, 6.45) is 2.06. The van der Waals surface area contributed by atoms with Crippen LogP contribution in [0.4, 0.5) is 5.82 Å². The first-order valence-electron chi connectivity index (χ1n) is 5.26. The summed E-state index contributed by atoms with van der Waals surface area (Å²) in [4.78, 5) is 15.5. The van der Waals surface area contributed by atoms with E-state index in [4.69, 9.17) is 18.0 Å². The van der Waals surface area contributed by atoms with Gasteiger partial charge in [0.1, 0.15) is 10.8 Å². The Morgan fingerprint density at radius 3 is 2.88 bits per heavy atom. The molecule has 0 saturated heterocycles. The smallest absolute Gasteiger partial charge is 0.221 e. The van der Waals surface area contributed by atoms with Gasteiger partial charge in [-0.1, -0.05) is 12.2 Å². The van der Waals surface area contributed by atoms with Gasteiger partial charge in [-0.25, -0.2) is 4.98 Å². The van der Waals surface area contributed by atoms with Crippen LogP contribution in [0.3, 0.4) is 0 Å². The lowest BCUT2D eigenvalue weighted by Crippen LogP contribution is -2.22. The Balaban J connectivity index is 2.74. The van der Waals surface area contributed by atoms with Crippen molar-refractivity contribution in [3.63, 3.8) is 0 Å². The van der Waals surface area contributed by atoms with E-state index in [1.807, 2.05) is 13.0 Å². The molecule has 0 atom stereocenters. The van der Waals surface area contributed by atoms with Gasteiger partial charge in [0, 0.05) is 26.2 Å².